The third kappa shape index (κ3) is 14.0. The Kier molecular flexibility index (Phi) is 17.2. The average Bonchev–Trinajstić information content (AvgIpc) is 3.52. The molecule has 7 N–H and O–H groups in total. The second-order valence-corrected chi connectivity index (χ2v) is 14.4. The lowest BCUT2D eigenvalue weighted by Gasteiger charge is -2.43. The van der Waals surface area contributed by atoms with Crippen molar-refractivity contribution < 1.29 is 85.0 Å². The highest BCUT2D eigenvalue weighted by Gasteiger charge is 2.47. The lowest BCUT2D eigenvalue weighted by molar-refractivity contribution is -0.258. The Morgan fingerprint density at radius 1 is 0.930 bits per heavy atom. The monoisotopic (exact) mass is 835 g/mol. The van der Waals surface area contributed by atoms with E-state index in [0.717, 1.165) is 16.7 Å². The number of aliphatic hydroxyl groups is 3. The van der Waals surface area contributed by atoms with Crippen molar-refractivity contribution in [2.24, 2.45) is 28.0 Å². The van der Waals surface area contributed by atoms with Crippen LogP contribution in [-0.4, -0.2) is 161 Å². The van der Waals surface area contributed by atoms with E-state index in [9.17, 15) is 62.1 Å². The van der Waals surface area contributed by atoms with Crippen LogP contribution in [0.4, 0.5) is 0 Å². The molecule has 2 aliphatic heterocycles. The summed E-state index contributed by atoms with van der Waals surface area (Å²) in [6.45, 7) is 2.62. The standard InChI is InChI=1S/C31H45N7O18S/c1-15-8-23(45)37(29(15)48)6-4-21(43)35-32-11-20(42)31(53-14-39)56-25(12-33-36-22(44)5-7-38-24(46)9-16(2)30(38)49)55-28-26(34-17(3)40)19(41)10-18(27(28)47)13-54-57(50,51)52/h11-12,14-16,18-20,25-28,31,41-42,47H,4-10,13H2,1-3H3,(H,34,40)(H,35,43)(H,36,44)(H,50,51,52)/b32-11+,33-12-. The molecule has 3 aliphatic rings. The van der Waals surface area contributed by atoms with Gasteiger partial charge in [0.15, 0.2) is 12.4 Å². The van der Waals surface area contributed by atoms with Gasteiger partial charge in [-0.3, -0.25) is 52.7 Å². The first-order chi connectivity index (χ1) is 26.7. The van der Waals surface area contributed by atoms with Gasteiger partial charge < -0.3 is 34.8 Å². The maximum Gasteiger partial charge on any atom is 0.397 e. The number of amides is 7. The predicted octanol–water partition coefficient (Wildman–Crippen LogP) is -4.59. The lowest BCUT2D eigenvalue weighted by Crippen LogP contribution is -2.63. The Hall–Kier alpha value is -4.83. The Balaban J connectivity index is 1.79. The van der Waals surface area contributed by atoms with Crippen LogP contribution in [0.5, 0.6) is 0 Å². The van der Waals surface area contributed by atoms with E-state index in [4.69, 9.17) is 18.8 Å². The Morgan fingerprint density at radius 2 is 1.46 bits per heavy atom. The summed E-state index contributed by atoms with van der Waals surface area (Å²) in [5, 5.41) is 42.3. The first-order valence-electron chi connectivity index (χ1n) is 17.4. The van der Waals surface area contributed by atoms with Crippen molar-refractivity contribution in [1.82, 2.24) is 26.0 Å². The van der Waals surface area contributed by atoms with E-state index >= 15 is 0 Å². The number of ether oxygens (including phenoxy) is 3. The van der Waals surface area contributed by atoms with Crippen molar-refractivity contribution in [2.45, 2.75) is 95.9 Å². The van der Waals surface area contributed by atoms with Gasteiger partial charge in [-0.25, -0.2) is 15.0 Å². The minimum Gasteiger partial charge on any atom is -0.435 e. The van der Waals surface area contributed by atoms with Crippen molar-refractivity contribution in [3.8, 4) is 0 Å². The number of hydrogen-bond acceptors (Lipinski definition) is 19. The number of hydrogen-bond donors (Lipinski definition) is 7. The van der Waals surface area contributed by atoms with Gasteiger partial charge in [-0.05, 0) is 6.42 Å². The number of aliphatic hydroxyl groups excluding tert-OH is 3. The highest BCUT2D eigenvalue weighted by Crippen LogP contribution is 2.30. The zero-order valence-corrected chi connectivity index (χ0v) is 31.7. The van der Waals surface area contributed by atoms with Gasteiger partial charge >= 0.3 is 10.4 Å². The molecule has 26 heteroatoms. The molecule has 25 nitrogen and oxygen atoms in total. The van der Waals surface area contributed by atoms with Crippen LogP contribution < -0.4 is 16.2 Å². The van der Waals surface area contributed by atoms with Gasteiger partial charge in [0.1, 0.15) is 6.10 Å². The summed E-state index contributed by atoms with van der Waals surface area (Å²) in [5.41, 5.74) is 4.12. The quantitative estimate of drug-likeness (QED) is 0.0143. The second kappa shape index (κ2) is 21.1. The summed E-state index contributed by atoms with van der Waals surface area (Å²) in [6.07, 6.45) is -11.0. The van der Waals surface area contributed by atoms with Gasteiger partial charge in [-0.1, -0.05) is 13.8 Å². The average molecular weight is 836 g/mol. The molecule has 57 heavy (non-hydrogen) atoms. The number of likely N-dealkylation sites (tertiary alicyclic amines) is 2. The third-order valence-corrected chi connectivity index (χ3v) is 9.26. The predicted molar refractivity (Wildman–Crippen MR) is 185 cm³/mol. The van der Waals surface area contributed by atoms with Crippen molar-refractivity contribution >= 4 is 70.7 Å². The number of nitrogens with one attached hydrogen (secondary N) is 3. The van der Waals surface area contributed by atoms with Crippen molar-refractivity contribution in [3.63, 3.8) is 0 Å². The molecule has 2 saturated heterocycles. The van der Waals surface area contributed by atoms with E-state index in [2.05, 4.69) is 25.1 Å². The minimum absolute atomic E-state index is 0.00436. The molecule has 318 valence electrons. The summed E-state index contributed by atoms with van der Waals surface area (Å²) >= 11 is 0. The molecule has 10 unspecified atom stereocenters. The van der Waals surface area contributed by atoms with E-state index in [1.807, 2.05) is 5.43 Å². The molecular weight excluding hydrogens is 790 g/mol. The summed E-state index contributed by atoms with van der Waals surface area (Å²) in [7, 11) is -5.01. The second-order valence-electron chi connectivity index (χ2n) is 13.3. The van der Waals surface area contributed by atoms with Crippen LogP contribution in [0.1, 0.15) is 52.9 Å². The molecule has 0 bridgehead atoms. The van der Waals surface area contributed by atoms with E-state index in [1.54, 1.807) is 13.8 Å². The van der Waals surface area contributed by atoms with Gasteiger partial charge in [-0.2, -0.15) is 18.6 Å². The van der Waals surface area contributed by atoms with E-state index < -0.39 is 126 Å². The summed E-state index contributed by atoms with van der Waals surface area (Å²) < 4.78 is 51.9. The van der Waals surface area contributed by atoms with Crippen molar-refractivity contribution in [2.75, 3.05) is 19.7 Å². The molecule has 2 heterocycles. The molecule has 3 rings (SSSR count). The van der Waals surface area contributed by atoms with Gasteiger partial charge in [-0.15, -0.1) is 0 Å². The summed E-state index contributed by atoms with van der Waals surface area (Å²) in [5.74, 6) is -6.51. The van der Waals surface area contributed by atoms with E-state index in [-0.39, 0.29) is 45.2 Å². The maximum absolute atomic E-state index is 12.5. The largest absolute Gasteiger partial charge is 0.435 e. The Bertz CT molecular complexity index is 1690. The van der Waals surface area contributed by atoms with Crippen molar-refractivity contribution in [1.29, 1.82) is 0 Å². The number of carbonyl (C=O) groups is 8. The molecular formula is C31H45N7O18S. The van der Waals surface area contributed by atoms with Gasteiger partial charge in [0.25, 0.3) is 6.47 Å². The van der Waals surface area contributed by atoms with Crippen LogP contribution in [-0.2, 0) is 67.1 Å². The fourth-order valence-electron chi connectivity index (χ4n) is 5.98. The molecule has 1 aliphatic carbocycles. The smallest absolute Gasteiger partial charge is 0.397 e. The molecule has 0 radical (unpaired) electrons. The molecule has 0 aromatic rings. The molecule has 7 amide bonds. The summed E-state index contributed by atoms with van der Waals surface area (Å²) in [6, 6.07) is -1.45. The molecule has 0 spiro atoms. The SMILES string of the molecule is CC(=O)NC1C(O)CC(COS(=O)(=O)O)C(O)C1OC(/C=N\NC(=O)CCN1C(=O)CC(C)C1=O)OC(OC=O)C(O)/C=N/NC(=O)CCN1C(=O)CC(C)C1=O. The number of rotatable bonds is 21. The Labute approximate surface area is 325 Å². The molecule has 3 fully saturated rings. The first-order valence-corrected chi connectivity index (χ1v) is 18.7. The fraction of sp³-hybridized carbons (Fsp3) is 0.677. The topological polar surface area (TPSA) is 356 Å². The van der Waals surface area contributed by atoms with Crippen LogP contribution in [0, 0.1) is 17.8 Å². The molecule has 1 saturated carbocycles. The fourth-order valence-corrected chi connectivity index (χ4v) is 6.33. The number of carbonyl (C=O) groups excluding carboxylic acids is 8. The normalized spacial score (nSPS) is 27.2. The van der Waals surface area contributed by atoms with Gasteiger partial charge in [0.2, 0.25) is 47.6 Å². The minimum atomic E-state index is -5.01. The molecule has 0 aromatic carbocycles. The van der Waals surface area contributed by atoms with Crippen LogP contribution in [0.2, 0.25) is 0 Å². The molecule has 0 aromatic heterocycles. The summed E-state index contributed by atoms with van der Waals surface area (Å²) in [4.78, 5) is 98.4. The van der Waals surface area contributed by atoms with Gasteiger partial charge in [0.05, 0.1) is 37.3 Å². The van der Waals surface area contributed by atoms with Crippen LogP contribution in [0.15, 0.2) is 10.2 Å². The third-order valence-electron chi connectivity index (χ3n) is 8.83. The number of hydrazone groups is 2. The Morgan fingerprint density at radius 3 is 1.91 bits per heavy atom. The highest BCUT2D eigenvalue weighted by atomic mass is 32.3. The zero-order valence-electron chi connectivity index (χ0n) is 30.9. The van der Waals surface area contributed by atoms with E-state index in [1.165, 1.54) is 0 Å². The van der Waals surface area contributed by atoms with Gasteiger partial charge in [0, 0.05) is 63.5 Å². The molecule has 10 atom stereocenters. The van der Waals surface area contributed by atoms with Crippen molar-refractivity contribution in [3.05, 3.63) is 0 Å². The van der Waals surface area contributed by atoms with Crippen LogP contribution in [0.3, 0.4) is 0 Å². The number of nitrogens with zero attached hydrogens (tertiary/aromatic N) is 4. The van der Waals surface area contributed by atoms with Crippen LogP contribution in [0.25, 0.3) is 0 Å². The van der Waals surface area contributed by atoms with E-state index in [0.29, 0.717) is 12.4 Å². The first kappa shape index (κ1) is 46.6. The van der Waals surface area contributed by atoms with Crippen LogP contribution >= 0.6 is 0 Å². The lowest BCUT2D eigenvalue weighted by atomic mass is 9.79. The highest BCUT2D eigenvalue weighted by molar-refractivity contribution is 7.80. The number of imide groups is 2. The maximum atomic E-state index is 12.5. The zero-order chi connectivity index (χ0) is 42.6.